The van der Waals surface area contributed by atoms with Crippen LogP contribution >= 0.6 is 0 Å². The highest BCUT2D eigenvalue weighted by molar-refractivity contribution is 5.77. The molecular weight excluding hydrogens is 264 g/mol. The highest BCUT2D eigenvalue weighted by Gasteiger charge is 2.40. The number of hydrogen-bond donors (Lipinski definition) is 2. The lowest BCUT2D eigenvalue weighted by Gasteiger charge is -2.34. The second-order valence-corrected chi connectivity index (χ2v) is 5.58. The summed E-state index contributed by atoms with van der Waals surface area (Å²) in [5, 5.41) is 12.0. The van der Waals surface area contributed by atoms with Gasteiger partial charge in [0, 0.05) is 13.7 Å². The van der Waals surface area contributed by atoms with E-state index in [-0.39, 0.29) is 19.2 Å². The number of nitrogens with zero attached hydrogens (tertiary/aromatic N) is 1. The molecule has 0 aromatic heterocycles. The van der Waals surface area contributed by atoms with Crippen molar-refractivity contribution < 1.29 is 24.2 Å². The van der Waals surface area contributed by atoms with Gasteiger partial charge in [0.25, 0.3) is 0 Å². The number of aliphatic carboxylic acids is 1. The van der Waals surface area contributed by atoms with E-state index >= 15 is 0 Å². The molecule has 116 valence electrons. The molecule has 1 heterocycles. The molecule has 2 atom stereocenters. The summed E-state index contributed by atoms with van der Waals surface area (Å²) >= 11 is 0. The fourth-order valence-electron chi connectivity index (χ4n) is 2.37. The van der Waals surface area contributed by atoms with Crippen LogP contribution < -0.4 is 5.32 Å². The fraction of sp³-hybridized carbons (Fsp3) is 0.846. The Morgan fingerprint density at radius 1 is 1.45 bits per heavy atom. The molecular formula is C13H24N2O5. The maximum Gasteiger partial charge on any atom is 0.318 e. The van der Waals surface area contributed by atoms with E-state index in [4.69, 9.17) is 14.6 Å². The third kappa shape index (κ3) is 4.08. The van der Waals surface area contributed by atoms with Crippen molar-refractivity contribution in [3.63, 3.8) is 0 Å². The Morgan fingerprint density at radius 2 is 2.10 bits per heavy atom. The SMILES string of the molecule is CCN(C(=O)NC(C)(C)COC)C1COCC1C(=O)O. The second kappa shape index (κ2) is 6.90. The van der Waals surface area contributed by atoms with Crippen LogP contribution in [0.15, 0.2) is 0 Å². The number of likely N-dealkylation sites (N-methyl/N-ethyl adjacent to an activating group) is 1. The van der Waals surface area contributed by atoms with E-state index in [0.29, 0.717) is 13.2 Å². The first-order valence-corrected chi connectivity index (χ1v) is 6.70. The summed E-state index contributed by atoms with van der Waals surface area (Å²) in [6.45, 7) is 6.71. The minimum Gasteiger partial charge on any atom is -0.481 e. The number of ether oxygens (including phenoxy) is 2. The van der Waals surface area contributed by atoms with Crippen LogP contribution in [0.3, 0.4) is 0 Å². The number of urea groups is 1. The Kier molecular flexibility index (Phi) is 5.76. The van der Waals surface area contributed by atoms with Gasteiger partial charge in [0.2, 0.25) is 0 Å². The Balaban J connectivity index is 2.75. The van der Waals surface area contributed by atoms with Crippen molar-refractivity contribution in [1.29, 1.82) is 0 Å². The van der Waals surface area contributed by atoms with Gasteiger partial charge in [-0.1, -0.05) is 0 Å². The molecule has 0 bridgehead atoms. The minimum absolute atomic E-state index is 0.144. The van der Waals surface area contributed by atoms with Crippen molar-refractivity contribution in [2.45, 2.75) is 32.4 Å². The first-order chi connectivity index (χ1) is 9.32. The van der Waals surface area contributed by atoms with Gasteiger partial charge in [0.1, 0.15) is 5.92 Å². The monoisotopic (exact) mass is 288 g/mol. The molecule has 0 aromatic rings. The molecule has 7 nitrogen and oxygen atoms in total. The number of amides is 2. The van der Waals surface area contributed by atoms with Gasteiger partial charge in [-0.2, -0.15) is 0 Å². The Labute approximate surface area is 119 Å². The average Bonchev–Trinajstić information content (AvgIpc) is 2.78. The number of rotatable bonds is 6. The molecule has 2 amide bonds. The summed E-state index contributed by atoms with van der Waals surface area (Å²) in [5.74, 6) is -1.61. The Morgan fingerprint density at radius 3 is 2.60 bits per heavy atom. The molecule has 0 spiro atoms. The molecule has 20 heavy (non-hydrogen) atoms. The van der Waals surface area contributed by atoms with Gasteiger partial charge < -0.3 is 24.8 Å². The maximum atomic E-state index is 12.3. The summed E-state index contributed by atoms with van der Waals surface area (Å²) in [7, 11) is 1.57. The van der Waals surface area contributed by atoms with Crippen molar-refractivity contribution in [1.82, 2.24) is 10.2 Å². The number of carboxylic acids is 1. The van der Waals surface area contributed by atoms with Gasteiger partial charge in [-0.3, -0.25) is 4.79 Å². The second-order valence-electron chi connectivity index (χ2n) is 5.58. The standard InChI is InChI=1S/C13H24N2O5/c1-5-15(10-7-20-6-9(10)11(16)17)12(18)14-13(2,3)8-19-4/h9-10H,5-8H2,1-4H3,(H,14,18)(H,16,17). The zero-order valence-corrected chi connectivity index (χ0v) is 12.5. The number of carbonyl (C=O) groups is 2. The highest BCUT2D eigenvalue weighted by Crippen LogP contribution is 2.20. The molecule has 1 rings (SSSR count). The van der Waals surface area contributed by atoms with E-state index in [1.165, 1.54) is 4.90 Å². The normalized spacial score (nSPS) is 22.6. The van der Waals surface area contributed by atoms with Crippen LogP contribution in [0.2, 0.25) is 0 Å². The Hall–Kier alpha value is -1.34. The number of carbonyl (C=O) groups excluding carboxylic acids is 1. The highest BCUT2D eigenvalue weighted by atomic mass is 16.5. The Bertz CT molecular complexity index is 359. The lowest BCUT2D eigenvalue weighted by Crippen LogP contribution is -2.56. The van der Waals surface area contributed by atoms with E-state index in [1.54, 1.807) is 7.11 Å². The van der Waals surface area contributed by atoms with E-state index in [9.17, 15) is 9.59 Å². The summed E-state index contributed by atoms with van der Waals surface area (Å²) in [5.41, 5.74) is -0.516. The molecule has 1 aliphatic rings. The molecule has 1 fully saturated rings. The van der Waals surface area contributed by atoms with Gasteiger partial charge >= 0.3 is 12.0 Å². The number of hydrogen-bond acceptors (Lipinski definition) is 4. The lowest BCUT2D eigenvalue weighted by atomic mass is 10.0. The van der Waals surface area contributed by atoms with Crippen LogP contribution in [0.4, 0.5) is 4.79 Å². The topological polar surface area (TPSA) is 88.1 Å². The van der Waals surface area contributed by atoms with Crippen molar-refractivity contribution in [3.05, 3.63) is 0 Å². The van der Waals surface area contributed by atoms with Crippen LogP contribution in [-0.2, 0) is 14.3 Å². The summed E-state index contributed by atoms with van der Waals surface area (Å²) in [6, 6.07) is -0.729. The minimum atomic E-state index is -0.935. The zero-order valence-electron chi connectivity index (χ0n) is 12.5. The smallest absolute Gasteiger partial charge is 0.318 e. The van der Waals surface area contributed by atoms with E-state index in [1.807, 2.05) is 20.8 Å². The largest absolute Gasteiger partial charge is 0.481 e. The number of methoxy groups -OCH3 is 1. The van der Waals surface area contributed by atoms with Gasteiger partial charge in [0.15, 0.2) is 0 Å². The van der Waals surface area contributed by atoms with E-state index in [2.05, 4.69) is 5.32 Å². The predicted octanol–water partition coefficient (Wildman–Crippen LogP) is 0.543. The molecule has 1 aliphatic heterocycles. The van der Waals surface area contributed by atoms with Crippen molar-refractivity contribution >= 4 is 12.0 Å². The molecule has 2 unspecified atom stereocenters. The third-order valence-corrected chi connectivity index (χ3v) is 3.32. The molecule has 0 aliphatic carbocycles. The molecule has 7 heteroatoms. The molecule has 1 saturated heterocycles. The fourth-order valence-corrected chi connectivity index (χ4v) is 2.37. The summed E-state index contributed by atoms with van der Waals surface area (Å²) in [6.07, 6.45) is 0. The number of nitrogens with one attached hydrogen (secondary N) is 1. The molecule has 2 N–H and O–H groups in total. The van der Waals surface area contributed by atoms with E-state index < -0.39 is 23.5 Å². The first-order valence-electron chi connectivity index (χ1n) is 6.70. The van der Waals surface area contributed by atoms with Crippen molar-refractivity contribution in [2.24, 2.45) is 5.92 Å². The lowest BCUT2D eigenvalue weighted by molar-refractivity contribution is -0.142. The van der Waals surface area contributed by atoms with Crippen molar-refractivity contribution in [2.75, 3.05) is 33.5 Å². The van der Waals surface area contributed by atoms with Crippen LogP contribution in [0.5, 0.6) is 0 Å². The van der Waals surface area contributed by atoms with Crippen LogP contribution in [-0.4, -0.2) is 67.1 Å². The predicted molar refractivity (Wildman–Crippen MR) is 72.6 cm³/mol. The molecule has 0 aromatic carbocycles. The summed E-state index contributed by atoms with van der Waals surface area (Å²) in [4.78, 5) is 25.0. The van der Waals surface area contributed by atoms with Gasteiger partial charge in [-0.05, 0) is 20.8 Å². The van der Waals surface area contributed by atoms with Gasteiger partial charge in [-0.25, -0.2) is 4.79 Å². The average molecular weight is 288 g/mol. The van der Waals surface area contributed by atoms with Crippen molar-refractivity contribution in [3.8, 4) is 0 Å². The molecule has 0 saturated carbocycles. The van der Waals surface area contributed by atoms with Gasteiger partial charge in [-0.15, -0.1) is 0 Å². The van der Waals surface area contributed by atoms with Crippen LogP contribution in [0.25, 0.3) is 0 Å². The van der Waals surface area contributed by atoms with Crippen LogP contribution in [0.1, 0.15) is 20.8 Å². The first kappa shape index (κ1) is 16.7. The maximum absolute atomic E-state index is 12.3. The van der Waals surface area contributed by atoms with Gasteiger partial charge in [0.05, 0.1) is 31.4 Å². The molecule has 0 radical (unpaired) electrons. The summed E-state index contributed by atoms with van der Waals surface area (Å²) < 4.78 is 10.3. The van der Waals surface area contributed by atoms with E-state index in [0.717, 1.165) is 0 Å². The third-order valence-electron chi connectivity index (χ3n) is 3.32. The number of carboxylic acid groups (broad SMARTS) is 1. The zero-order chi connectivity index (χ0) is 15.3. The quantitative estimate of drug-likeness (QED) is 0.745. The van der Waals surface area contributed by atoms with Crippen LogP contribution in [0, 0.1) is 5.92 Å².